The van der Waals surface area contributed by atoms with E-state index < -0.39 is 23.6 Å². The molecule has 2 saturated carbocycles. The van der Waals surface area contributed by atoms with Gasteiger partial charge in [0.2, 0.25) is 0 Å². The summed E-state index contributed by atoms with van der Waals surface area (Å²) in [5, 5.41) is 5.29. The van der Waals surface area contributed by atoms with Gasteiger partial charge in [-0.2, -0.15) is 13.2 Å². The van der Waals surface area contributed by atoms with Gasteiger partial charge in [0, 0.05) is 12.6 Å². The fourth-order valence-electron chi connectivity index (χ4n) is 3.51. The van der Waals surface area contributed by atoms with E-state index in [0.29, 0.717) is 11.5 Å². The van der Waals surface area contributed by atoms with E-state index in [1.807, 2.05) is 0 Å². The van der Waals surface area contributed by atoms with E-state index in [1.54, 1.807) is 0 Å². The first-order valence-corrected chi connectivity index (χ1v) is 7.67. The summed E-state index contributed by atoms with van der Waals surface area (Å²) in [6, 6.07) is 1.98. The molecular formula is C16H18F4N2O. The summed E-state index contributed by atoms with van der Waals surface area (Å²) in [6.45, 7) is -0.148. The van der Waals surface area contributed by atoms with Crippen LogP contribution in [0, 0.1) is 11.2 Å². The Morgan fingerprint density at radius 3 is 2.48 bits per heavy atom. The zero-order chi connectivity index (χ0) is 16.7. The van der Waals surface area contributed by atoms with Crippen LogP contribution < -0.4 is 10.6 Å². The Morgan fingerprint density at radius 1 is 1.22 bits per heavy atom. The molecule has 2 aliphatic carbocycles. The zero-order valence-electron chi connectivity index (χ0n) is 12.5. The lowest BCUT2D eigenvalue weighted by Gasteiger charge is -2.54. The molecule has 7 heteroatoms. The smallest absolute Gasteiger partial charge is 0.335 e. The number of urea groups is 1. The molecule has 0 aromatic heterocycles. The van der Waals surface area contributed by atoms with Gasteiger partial charge in [-0.1, -0.05) is 6.42 Å². The quantitative estimate of drug-likeness (QED) is 0.809. The van der Waals surface area contributed by atoms with Gasteiger partial charge in [-0.15, -0.1) is 0 Å². The minimum atomic E-state index is -4.61. The summed E-state index contributed by atoms with van der Waals surface area (Å²) in [5.74, 6) is -0.969. The zero-order valence-corrected chi connectivity index (χ0v) is 12.5. The van der Waals surface area contributed by atoms with Crippen molar-refractivity contribution in [3.05, 3.63) is 35.1 Å². The van der Waals surface area contributed by atoms with Crippen molar-refractivity contribution in [1.29, 1.82) is 0 Å². The largest absolute Gasteiger partial charge is 0.416 e. The number of amides is 2. The molecule has 2 aliphatic rings. The van der Waals surface area contributed by atoms with Gasteiger partial charge in [-0.25, -0.2) is 9.18 Å². The Bertz CT molecular complexity index is 603. The normalized spacial score (nSPS) is 19.8. The summed E-state index contributed by atoms with van der Waals surface area (Å²) in [4.78, 5) is 11.8. The van der Waals surface area contributed by atoms with E-state index in [0.717, 1.165) is 25.0 Å². The third-order valence-electron chi connectivity index (χ3n) is 4.85. The highest BCUT2D eigenvalue weighted by molar-refractivity contribution is 5.74. The summed E-state index contributed by atoms with van der Waals surface area (Å²) in [7, 11) is 0. The van der Waals surface area contributed by atoms with Crippen LogP contribution in [0.15, 0.2) is 18.2 Å². The van der Waals surface area contributed by atoms with E-state index >= 15 is 0 Å². The Hall–Kier alpha value is -1.79. The molecule has 1 spiro atoms. The van der Waals surface area contributed by atoms with Crippen LogP contribution in [0.2, 0.25) is 0 Å². The van der Waals surface area contributed by atoms with E-state index in [9.17, 15) is 22.4 Å². The molecule has 1 aromatic carbocycles. The number of rotatable bonds is 3. The Labute approximate surface area is 131 Å². The molecule has 0 heterocycles. The maximum absolute atomic E-state index is 13.3. The average Bonchev–Trinajstić information content (AvgIpc) is 2.36. The van der Waals surface area contributed by atoms with Crippen molar-refractivity contribution in [1.82, 2.24) is 10.6 Å². The monoisotopic (exact) mass is 330 g/mol. The fourth-order valence-corrected chi connectivity index (χ4v) is 3.51. The highest BCUT2D eigenvalue weighted by Crippen LogP contribution is 2.55. The first-order valence-electron chi connectivity index (χ1n) is 7.67. The molecule has 3 rings (SSSR count). The summed E-state index contributed by atoms with van der Waals surface area (Å²) < 4.78 is 51.1. The molecule has 2 fully saturated rings. The molecule has 126 valence electrons. The summed E-state index contributed by atoms with van der Waals surface area (Å²) >= 11 is 0. The lowest BCUT2D eigenvalue weighted by molar-refractivity contribution is -0.137. The van der Waals surface area contributed by atoms with Crippen LogP contribution in [-0.4, -0.2) is 12.1 Å². The summed E-state index contributed by atoms with van der Waals surface area (Å²) in [5.41, 5.74) is -0.542. The fraction of sp³-hybridized carbons (Fsp3) is 0.562. The molecular weight excluding hydrogens is 312 g/mol. The number of hydrogen-bond donors (Lipinski definition) is 2. The molecule has 0 saturated heterocycles. The topological polar surface area (TPSA) is 41.1 Å². The van der Waals surface area contributed by atoms with Gasteiger partial charge >= 0.3 is 12.2 Å². The van der Waals surface area contributed by atoms with Crippen LogP contribution in [0.3, 0.4) is 0 Å². The van der Waals surface area contributed by atoms with E-state index in [4.69, 9.17) is 0 Å². The van der Waals surface area contributed by atoms with Gasteiger partial charge in [-0.05, 0) is 54.9 Å². The van der Waals surface area contributed by atoms with Crippen molar-refractivity contribution in [3.8, 4) is 0 Å². The van der Waals surface area contributed by atoms with Crippen LogP contribution in [0.1, 0.15) is 43.2 Å². The van der Waals surface area contributed by atoms with E-state index in [2.05, 4.69) is 10.6 Å². The molecule has 0 aliphatic heterocycles. The molecule has 0 bridgehead atoms. The van der Waals surface area contributed by atoms with Crippen molar-refractivity contribution in [2.24, 2.45) is 5.41 Å². The van der Waals surface area contributed by atoms with Crippen molar-refractivity contribution in [2.75, 3.05) is 0 Å². The van der Waals surface area contributed by atoms with Crippen LogP contribution in [0.5, 0.6) is 0 Å². The van der Waals surface area contributed by atoms with Crippen LogP contribution in [-0.2, 0) is 12.7 Å². The van der Waals surface area contributed by atoms with Crippen LogP contribution in [0.4, 0.5) is 22.4 Å². The number of carbonyl (C=O) groups is 1. The second kappa shape index (κ2) is 5.69. The number of carbonyl (C=O) groups excluding carboxylic acids is 1. The lowest BCUT2D eigenvalue weighted by Crippen LogP contribution is -2.55. The van der Waals surface area contributed by atoms with Gasteiger partial charge in [-0.3, -0.25) is 0 Å². The molecule has 23 heavy (non-hydrogen) atoms. The number of alkyl halides is 3. The Kier molecular flexibility index (Phi) is 3.98. The molecule has 0 atom stereocenters. The average molecular weight is 330 g/mol. The second-order valence-electron chi connectivity index (χ2n) is 6.63. The molecule has 3 nitrogen and oxygen atoms in total. The van der Waals surface area contributed by atoms with Gasteiger partial charge in [0.15, 0.2) is 0 Å². The maximum atomic E-state index is 13.3. The van der Waals surface area contributed by atoms with Crippen molar-refractivity contribution in [3.63, 3.8) is 0 Å². The first-order chi connectivity index (χ1) is 10.8. The van der Waals surface area contributed by atoms with Gasteiger partial charge in [0.05, 0.1) is 5.56 Å². The third kappa shape index (κ3) is 3.59. The van der Waals surface area contributed by atoms with Crippen molar-refractivity contribution >= 4 is 6.03 Å². The standard InChI is InChI=1S/C16H18F4N2O/c17-12-5-10(4-11(6-12)16(18,19)20)9-21-14(23)22-13-7-15(8-13)2-1-3-15/h4-6,13H,1-3,7-9H2,(H2,21,22,23). The van der Waals surface area contributed by atoms with Gasteiger partial charge in [0.1, 0.15) is 5.82 Å². The molecule has 2 amide bonds. The molecule has 0 radical (unpaired) electrons. The predicted molar refractivity (Wildman–Crippen MR) is 76.1 cm³/mol. The predicted octanol–water partition coefficient (Wildman–Crippen LogP) is 3.98. The van der Waals surface area contributed by atoms with Crippen LogP contribution in [0.25, 0.3) is 0 Å². The first kappa shape index (κ1) is 16.1. The van der Waals surface area contributed by atoms with Gasteiger partial charge < -0.3 is 10.6 Å². The second-order valence-corrected chi connectivity index (χ2v) is 6.63. The summed E-state index contributed by atoms with van der Waals surface area (Å²) in [6.07, 6.45) is 1.02. The number of nitrogens with one attached hydrogen (secondary N) is 2. The SMILES string of the molecule is O=C(NCc1cc(F)cc(C(F)(F)F)c1)NC1CC2(CCC2)C1. The number of benzene rings is 1. The maximum Gasteiger partial charge on any atom is 0.416 e. The number of hydrogen-bond acceptors (Lipinski definition) is 1. The van der Waals surface area contributed by atoms with Crippen LogP contribution >= 0.6 is 0 Å². The van der Waals surface area contributed by atoms with Gasteiger partial charge in [0.25, 0.3) is 0 Å². The molecule has 1 aromatic rings. The third-order valence-corrected chi connectivity index (χ3v) is 4.85. The number of halogens is 4. The highest BCUT2D eigenvalue weighted by Gasteiger charge is 2.48. The van der Waals surface area contributed by atoms with Crippen molar-refractivity contribution in [2.45, 2.75) is 50.9 Å². The molecule has 0 unspecified atom stereocenters. The van der Waals surface area contributed by atoms with E-state index in [1.165, 1.54) is 19.3 Å². The lowest BCUT2D eigenvalue weighted by atomic mass is 9.54. The Morgan fingerprint density at radius 2 is 1.91 bits per heavy atom. The minimum Gasteiger partial charge on any atom is -0.335 e. The minimum absolute atomic E-state index is 0.0801. The van der Waals surface area contributed by atoms with E-state index in [-0.39, 0.29) is 18.2 Å². The van der Waals surface area contributed by atoms with Crippen molar-refractivity contribution < 1.29 is 22.4 Å². The Balaban J connectivity index is 1.50. The molecule has 2 N–H and O–H groups in total. The highest BCUT2D eigenvalue weighted by atomic mass is 19.4.